The number of oxazole rings is 1. The SMILES string of the molecule is c1ccc(-c2nc3c(o2)c2ccccc2c2ccc4ccc(N(c5ccccc5)c5cc6ccccc6c6ccccc56)cc4c23)cc1. The van der Waals surface area contributed by atoms with E-state index in [9.17, 15) is 0 Å². The molecule has 0 saturated heterocycles. The summed E-state index contributed by atoms with van der Waals surface area (Å²) in [6, 6.07) is 60.3. The van der Waals surface area contributed by atoms with E-state index in [1.165, 1.54) is 21.5 Å². The van der Waals surface area contributed by atoms with Crippen molar-refractivity contribution in [2.75, 3.05) is 4.90 Å². The summed E-state index contributed by atoms with van der Waals surface area (Å²) in [5.41, 5.74) is 5.97. The number of nitrogens with zero attached hydrogens (tertiary/aromatic N) is 2. The molecule has 0 bridgehead atoms. The number of benzene rings is 9. The molecule has 0 N–H and O–H groups in total. The van der Waals surface area contributed by atoms with Crippen LogP contribution in [0, 0.1) is 0 Å². The molecular formula is C45H28N2O. The molecular weight excluding hydrogens is 585 g/mol. The molecule has 1 aromatic heterocycles. The van der Waals surface area contributed by atoms with Crippen LogP contribution in [0.1, 0.15) is 0 Å². The fourth-order valence-electron chi connectivity index (χ4n) is 7.44. The summed E-state index contributed by atoms with van der Waals surface area (Å²) in [4.78, 5) is 7.59. The Hall–Kier alpha value is -6.45. The Kier molecular flexibility index (Phi) is 5.87. The molecule has 0 atom stereocenters. The Morgan fingerprint density at radius 3 is 1.83 bits per heavy atom. The predicted molar refractivity (Wildman–Crippen MR) is 202 cm³/mol. The van der Waals surface area contributed by atoms with Crippen molar-refractivity contribution in [3.05, 3.63) is 170 Å². The smallest absolute Gasteiger partial charge is 0.227 e. The fourth-order valence-corrected chi connectivity index (χ4v) is 7.44. The van der Waals surface area contributed by atoms with Crippen LogP contribution in [0.4, 0.5) is 17.1 Å². The molecule has 0 saturated carbocycles. The van der Waals surface area contributed by atoms with E-state index in [2.05, 4.69) is 157 Å². The van der Waals surface area contributed by atoms with Gasteiger partial charge >= 0.3 is 0 Å². The molecule has 224 valence electrons. The van der Waals surface area contributed by atoms with Crippen molar-refractivity contribution in [2.24, 2.45) is 0 Å². The highest BCUT2D eigenvalue weighted by molar-refractivity contribution is 6.30. The molecule has 10 rings (SSSR count). The lowest BCUT2D eigenvalue weighted by atomic mass is 9.95. The van der Waals surface area contributed by atoms with Crippen LogP contribution in [0.5, 0.6) is 0 Å². The molecule has 3 nitrogen and oxygen atoms in total. The lowest BCUT2D eigenvalue weighted by molar-refractivity contribution is 0.623. The molecule has 3 heteroatoms. The van der Waals surface area contributed by atoms with Crippen molar-refractivity contribution in [1.82, 2.24) is 4.98 Å². The number of para-hydroxylation sites is 1. The molecule has 0 spiro atoms. The lowest BCUT2D eigenvalue weighted by Gasteiger charge is -2.28. The van der Waals surface area contributed by atoms with Crippen LogP contribution in [0.25, 0.3) is 76.4 Å². The van der Waals surface area contributed by atoms with Crippen LogP contribution in [-0.4, -0.2) is 4.98 Å². The standard InChI is InChI=1S/C45H28N2O/c1-3-13-30(14-4-1)45-46-43-42-38(36-20-10-12-22-39(36)44(43)48-45)26-24-29-23-25-33(28-40(29)42)47(32-16-5-2-6-17-32)41-27-31-15-7-8-18-34(31)35-19-9-11-21-37(35)41/h1-28H. The highest BCUT2D eigenvalue weighted by atomic mass is 16.3. The maximum absolute atomic E-state index is 6.61. The molecule has 1 heterocycles. The first kappa shape index (κ1) is 26.7. The van der Waals surface area contributed by atoms with E-state index < -0.39 is 0 Å². The summed E-state index contributed by atoms with van der Waals surface area (Å²) in [6.07, 6.45) is 0. The summed E-state index contributed by atoms with van der Waals surface area (Å²) < 4.78 is 6.61. The van der Waals surface area contributed by atoms with E-state index in [0.29, 0.717) is 5.89 Å². The van der Waals surface area contributed by atoms with Gasteiger partial charge in [0.05, 0.1) is 5.69 Å². The third-order valence-electron chi connectivity index (χ3n) is 9.61. The van der Waals surface area contributed by atoms with Gasteiger partial charge in [0.1, 0.15) is 5.52 Å². The molecule has 48 heavy (non-hydrogen) atoms. The second kappa shape index (κ2) is 10.5. The number of rotatable bonds is 4. The van der Waals surface area contributed by atoms with Crippen molar-refractivity contribution in [1.29, 1.82) is 0 Å². The van der Waals surface area contributed by atoms with Crippen LogP contribution in [-0.2, 0) is 0 Å². The van der Waals surface area contributed by atoms with Crippen LogP contribution in [0.2, 0.25) is 0 Å². The Bertz CT molecular complexity index is 2840. The van der Waals surface area contributed by atoms with Crippen LogP contribution in [0.15, 0.2) is 174 Å². The second-order valence-electron chi connectivity index (χ2n) is 12.3. The number of anilines is 3. The predicted octanol–water partition coefficient (Wildman–Crippen LogP) is 12.7. The highest BCUT2D eigenvalue weighted by Gasteiger charge is 2.21. The van der Waals surface area contributed by atoms with Crippen LogP contribution in [0.3, 0.4) is 0 Å². The molecule has 0 aliphatic carbocycles. The summed E-state index contributed by atoms with van der Waals surface area (Å²) in [7, 11) is 0. The molecule has 0 fully saturated rings. The van der Waals surface area contributed by atoms with Gasteiger partial charge in [-0.15, -0.1) is 0 Å². The first-order valence-electron chi connectivity index (χ1n) is 16.3. The summed E-state index contributed by atoms with van der Waals surface area (Å²) in [5, 5.41) is 11.7. The lowest BCUT2D eigenvalue weighted by Crippen LogP contribution is -2.10. The van der Waals surface area contributed by atoms with Crippen molar-refractivity contribution < 1.29 is 4.42 Å². The Balaban J connectivity index is 1.31. The molecule has 10 aromatic rings. The van der Waals surface area contributed by atoms with Crippen molar-refractivity contribution in [3.63, 3.8) is 0 Å². The first-order valence-corrected chi connectivity index (χ1v) is 16.3. The number of fused-ring (bicyclic) bond motifs is 11. The monoisotopic (exact) mass is 612 g/mol. The van der Waals surface area contributed by atoms with Gasteiger partial charge in [-0.2, -0.15) is 0 Å². The largest absolute Gasteiger partial charge is 0.435 e. The minimum Gasteiger partial charge on any atom is -0.435 e. The van der Waals surface area contributed by atoms with E-state index in [0.717, 1.165) is 66.0 Å². The summed E-state index contributed by atoms with van der Waals surface area (Å²) in [6.45, 7) is 0. The van der Waals surface area contributed by atoms with Crippen molar-refractivity contribution in [3.8, 4) is 11.5 Å². The summed E-state index contributed by atoms with van der Waals surface area (Å²) >= 11 is 0. The van der Waals surface area contributed by atoms with Gasteiger partial charge in [0.15, 0.2) is 5.58 Å². The van der Waals surface area contributed by atoms with E-state index in [4.69, 9.17) is 9.40 Å². The van der Waals surface area contributed by atoms with Gasteiger partial charge in [-0.25, -0.2) is 4.98 Å². The molecule has 0 aliphatic rings. The van der Waals surface area contributed by atoms with Gasteiger partial charge in [-0.05, 0) is 80.2 Å². The van der Waals surface area contributed by atoms with Gasteiger partial charge < -0.3 is 9.32 Å². The average molecular weight is 613 g/mol. The fraction of sp³-hybridized carbons (Fsp3) is 0. The third-order valence-corrected chi connectivity index (χ3v) is 9.61. The molecule has 0 unspecified atom stereocenters. The number of hydrogen-bond donors (Lipinski definition) is 0. The zero-order valence-electron chi connectivity index (χ0n) is 26.0. The Morgan fingerprint density at radius 2 is 1.04 bits per heavy atom. The average Bonchev–Trinajstić information content (AvgIpc) is 3.61. The third kappa shape index (κ3) is 4.04. The topological polar surface area (TPSA) is 29.3 Å². The molecule has 0 amide bonds. The van der Waals surface area contributed by atoms with Crippen LogP contribution < -0.4 is 4.90 Å². The van der Waals surface area contributed by atoms with Crippen LogP contribution >= 0.6 is 0 Å². The second-order valence-corrected chi connectivity index (χ2v) is 12.3. The highest BCUT2D eigenvalue weighted by Crippen LogP contribution is 2.45. The van der Waals surface area contributed by atoms with E-state index >= 15 is 0 Å². The molecule has 0 radical (unpaired) electrons. The minimum atomic E-state index is 0.630. The van der Waals surface area contributed by atoms with Crippen molar-refractivity contribution in [2.45, 2.75) is 0 Å². The zero-order valence-corrected chi connectivity index (χ0v) is 26.0. The first-order chi connectivity index (χ1) is 23.8. The number of hydrogen-bond acceptors (Lipinski definition) is 3. The van der Waals surface area contributed by atoms with Gasteiger partial charge in [-0.3, -0.25) is 0 Å². The Labute approximate surface area is 276 Å². The van der Waals surface area contributed by atoms with E-state index in [-0.39, 0.29) is 0 Å². The zero-order chi connectivity index (χ0) is 31.6. The van der Waals surface area contributed by atoms with Gasteiger partial charge in [0, 0.05) is 33.1 Å². The Morgan fingerprint density at radius 1 is 0.417 bits per heavy atom. The van der Waals surface area contributed by atoms with Gasteiger partial charge in [0.2, 0.25) is 5.89 Å². The summed E-state index contributed by atoms with van der Waals surface area (Å²) in [5.74, 6) is 0.630. The quantitative estimate of drug-likeness (QED) is 0.185. The van der Waals surface area contributed by atoms with E-state index in [1.54, 1.807) is 0 Å². The van der Waals surface area contributed by atoms with E-state index in [1.807, 2.05) is 18.2 Å². The maximum atomic E-state index is 6.61. The van der Waals surface area contributed by atoms with Crippen molar-refractivity contribution >= 4 is 82.0 Å². The molecule has 9 aromatic carbocycles. The number of aromatic nitrogens is 1. The minimum absolute atomic E-state index is 0.630. The van der Waals surface area contributed by atoms with Gasteiger partial charge in [0.25, 0.3) is 0 Å². The normalized spacial score (nSPS) is 11.8. The maximum Gasteiger partial charge on any atom is 0.227 e. The molecule has 0 aliphatic heterocycles. The van der Waals surface area contributed by atoms with Gasteiger partial charge in [-0.1, -0.05) is 127 Å².